The summed E-state index contributed by atoms with van der Waals surface area (Å²) in [6.45, 7) is 2.55. The Labute approximate surface area is 157 Å². The van der Waals surface area contributed by atoms with E-state index in [0.717, 1.165) is 11.1 Å². The number of carbonyl (C=O) groups is 1. The van der Waals surface area contributed by atoms with Crippen LogP contribution in [0.4, 0.5) is 11.4 Å². The number of anilines is 1. The molecule has 0 aliphatic heterocycles. The minimum Gasteiger partial charge on any atom is -0.493 e. The van der Waals surface area contributed by atoms with Crippen molar-refractivity contribution < 1.29 is 19.2 Å². The zero-order chi connectivity index (χ0) is 20.0. The molecule has 0 aliphatic rings. The van der Waals surface area contributed by atoms with Crippen LogP contribution in [0.3, 0.4) is 0 Å². The average Bonchev–Trinajstić information content (AvgIpc) is 2.63. The number of hydrogen-bond donors (Lipinski definition) is 1. The molecule has 2 aromatic rings. The van der Waals surface area contributed by atoms with Crippen LogP contribution in [0, 0.1) is 17.0 Å². The van der Waals surface area contributed by atoms with Crippen LogP contribution < -0.4 is 14.8 Å². The van der Waals surface area contributed by atoms with Crippen molar-refractivity contribution in [2.45, 2.75) is 13.5 Å². The standard InChI is InChI=1S/C19H23N3O5/c1-13-9-17(26-3)18(27-4)10-14(13)11-21(2)12-19(23)20-15-7-5-6-8-16(15)22(24)25/h5-10H,11-12H2,1-4H3,(H,20,23). The molecule has 27 heavy (non-hydrogen) atoms. The summed E-state index contributed by atoms with van der Waals surface area (Å²) in [7, 11) is 4.95. The van der Waals surface area contributed by atoms with Crippen LogP contribution in [0.5, 0.6) is 11.5 Å². The van der Waals surface area contributed by atoms with Crippen LogP contribution in [-0.2, 0) is 11.3 Å². The van der Waals surface area contributed by atoms with Crippen molar-refractivity contribution in [3.05, 3.63) is 57.6 Å². The number of nitro groups is 1. The van der Waals surface area contributed by atoms with E-state index in [2.05, 4.69) is 5.32 Å². The molecule has 1 N–H and O–H groups in total. The highest BCUT2D eigenvalue weighted by Gasteiger charge is 2.16. The summed E-state index contributed by atoms with van der Waals surface area (Å²) in [5.74, 6) is 0.941. The van der Waals surface area contributed by atoms with Gasteiger partial charge in [0.15, 0.2) is 11.5 Å². The number of nitrogens with one attached hydrogen (secondary N) is 1. The monoisotopic (exact) mass is 373 g/mol. The van der Waals surface area contributed by atoms with E-state index in [1.165, 1.54) is 12.1 Å². The molecule has 0 aliphatic carbocycles. The Hall–Kier alpha value is -3.13. The molecule has 0 radical (unpaired) electrons. The molecule has 0 aromatic heterocycles. The maximum atomic E-state index is 12.3. The quantitative estimate of drug-likeness (QED) is 0.565. The van der Waals surface area contributed by atoms with E-state index in [-0.39, 0.29) is 23.8 Å². The lowest BCUT2D eigenvalue weighted by atomic mass is 10.1. The predicted molar refractivity (Wildman–Crippen MR) is 102 cm³/mol. The molecule has 0 spiro atoms. The van der Waals surface area contributed by atoms with Crippen molar-refractivity contribution >= 4 is 17.3 Å². The van der Waals surface area contributed by atoms with Crippen LogP contribution in [0.1, 0.15) is 11.1 Å². The van der Waals surface area contributed by atoms with Crippen LogP contribution in [0.25, 0.3) is 0 Å². The highest BCUT2D eigenvalue weighted by molar-refractivity contribution is 5.94. The van der Waals surface area contributed by atoms with Gasteiger partial charge >= 0.3 is 0 Å². The van der Waals surface area contributed by atoms with Crippen LogP contribution >= 0.6 is 0 Å². The van der Waals surface area contributed by atoms with Gasteiger partial charge in [-0.15, -0.1) is 0 Å². The van der Waals surface area contributed by atoms with E-state index in [9.17, 15) is 14.9 Å². The highest BCUT2D eigenvalue weighted by atomic mass is 16.6. The van der Waals surface area contributed by atoms with Crippen LogP contribution in [0.15, 0.2) is 36.4 Å². The third-order valence-corrected chi connectivity index (χ3v) is 4.07. The highest BCUT2D eigenvalue weighted by Crippen LogP contribution is 2.30. The van der Waals surface area contributed by atoms with Crippen LogP contribution in [0.2, 0.25) is 0 Å². The summed E-state index contributed by atoms with van der Waals surface area (Å²) in [4.78, 5) is 24.6. The Bertz CT molecular complexity index is 838. The molecule has 144 valence electrons. The van der Waals surface area contributed by atoms with Gasteiger partial charge in [0, 0.05) is 12.6 Å². The molecule has 0 unspecified atom stereocenters. The van der Waals surface area contributed by atoms with E-state index in [1.54, 1.807) is 33.4 Å². The zero-order valence-electron chi connectivity index (χ0n) is 15.8. The maximum absolute atomic E-state index is 12.3. The van der Waals surface area contributed by atoms with Gasteiger partial charge in [-0.3, -0.25) is 19.8 Å². The first kappa shape index (κ1) is 20.2. The molecule has 8 heteroatoms. The molecule has 0 fully saturated rings. The van der Waals surface area contributed by atoms with Crippen molar-refractivity contribution in [3.8, 4) is 11.5 Å². The SMILES string of the molecule is COc1cc(C)c(CN(C)CC(=O)Nc2ccccc2[N+](=O)[O-])cc1OC. The van der Waals surface area contributed by atoms with Gasteiger partial charge in [0.2, 0.25) is 5.91 Å². The summed E-state index contributed by atoms with van der Waals surface area (Å²) in [5, 5.41) is 13.6. The number of nitrogens with zero attached hydrogens (tertiary/aromatic N) is 2. The number of likely N-dealkylation sites (N-methyl/N-ethyl adjacent to an activating group) is 1. The third-order valence-electron chi connectivity index (χ3n) is 4.07. The zero-order valence-corrected chi connectivity index (χ0v) is 15.8. The van der Waals surface area contributed by atoms with E-state index >= 15 is 0 Å². The number of para-hydroxylation sites is 2. The first-order valence-electron chi connectivity index (χ1n) is 8.29. The summed E-state index contributed by atoms with van der Waals surface area (Å²) in [5.41, 5.74) is 2.06. The Balaban J connectivity index is 2.05. The van der Waals surface area contributed by atoms with Gasteiger partial charge in [0.1, 0.15) is 5.69 Å². The Morgan fingerprint density at radius 2 is 1.81 bits per heavy atom. The normalized spacial score (nSPS) is 10.6. The number of benzene rings is 2. The first-order chi connectivity index (χ1) is 12.8. The van der Waals surface area contributed by atoms with Gasteiger partial charge in [0.25, 0.3) is 5.69 Å². The Kier molecular flexibility index (Phi) is 6.73. The van der Waals surface area contributed by atoms with Crippen molar-refractivity contribution in [2.75, 3.05) is 33.1 Å². The Morgan fingerprint density at radius 3 is 2.44 bits per heavy atom. The third kappa shape index (κ3) is 5.18. The minimum atomic E-state index is -0.522. The summed E-state index contributed by atoms with van der Waals surface area (Å²) in [6.07, 6.45) is 0. The molecular formula is C19H23N3O5. The summed E-state index contributed by atoms with van der Waals surface area (Å²) in [6, 6.07) is 9.82. The fraction of sp³-hybridized carbons (Fsp3) is 0.316. The summed E-state index contributed by atoms with van der Waals surface area (Å²) < 4.78 is 10.6. The molecule has 0 atom stereocenters. The number of hydrogen-bond acceptors (Lipinski definition) is 6. The van der Waals surface area contributed by atoms with Crippen molar-refractivity contribution in [1.82, 2.24) is 4.90 Å². The van der Waals surface area contributed by atoms with E-state index < -0.39 is 4.92 Å². The molecule has 0 saturated carbocycles. The predicted octanol–water partition coefficient (Wildman–Crippen LogP) is 2.99. The van der Waals surface area contributed by atoms with E-state index in [4.69, 9.17) is 9.47 Å². The first-order valence-corrected chi connectivity index (χ1v) is 8.29. The smallest absolute Gasteiger partial charge is 0.292 e. The molecule has 0 saturated heterocycles. The number of ether oxygens (including phenoxy) is 2. The van der Waals surface area contributed by atoms with E-state index in [1.807, 2.05) is 24.0 Å². The number of carbonyl (C=O) groups excluding carboxylic acids is 1. The number of methoxy groups -OCH3 is 2. The average molecular weight is 373 g/mol. The molecule has 8 nitrogen and oxygen atoms in total. The number of amides is 1. The summed E-state index contributed by atoms with van der Waals surface area (Å²) >= 11 is 0. The van der Waals surface area contributed by atoms with Gasteiger partial charge in [-0.1, -0.05) is 12.1 Å². The second-order valence-electron chi connectivity index (χ2n) is 6.13. The topological polar surface area (TPSA) is 93.9 Å². The van der Waals surface area contributed by atoms with Gasteiger partial charge in [-0.2, -0.15) is 0 Å². The van der Waals surface area contributed by atoms with Crippen molar-refractivity contribution in [3.63, 3.8) is 0 Å². The fourth-order valence-electron chi connectivity index (χ4n) is 2.71. The number of aryl methyl sites for hydroxylation is 1. The lowest BCUT2D eigenvalue weighted by Crippen LogP contribution is -2.30. The Morgan fingerprint density at radius 1 is 1.19 bits per heavy atom. The number of nitro benzene ring substituents is 1. The molecule has 0 bridgehead atoms. The number of rotatable bonds is 8. The molecule has 2 aromatic carbocycles. The molecule has 2 rings (SSSR count). The molecule has 0 heterocycles. The van der Waals surface area contributed by atoms with Crippen molar-refractivity contribution in [1.29, 1.82) is 0 Å². The van der Waals surface area contributed by atoms with Crippen molar-refractivity contribution in [2.24, 2.45) is 0 Å². The largest absolute Gasteiger partial charge is 0.493 e. The second-order valence-corrected chi connectivity index (χ2v) is 6.13. The molecule has 1 amide bonds. The lowest BCUT2D eigenvalue weighted by Gasteiger charge is -2.19. The lowest BCUT2D eigenvalue weighted by molar-refractivity contribution is -0.383. The van der Waals surface area contributed by atoms with Crippen LogP contribution in [-0.4, -0.2) is 43.5 Å². The van der Waals surface area contributed by atoms with Gasteiger partial charge in [-0.25, -0.2) is 0 Å². The van der Waals surface area contributed by atoms with Gasteiger partial charge in [0.05, 0.1) is 25.7 Å². The fourth-order valence-corrected chi connectivity index (χ4v) is 2.71. The van der Waals surface area contributed by atoms with Gasteiger partial charge < -0.3 is 14.8 Å². The maximum Gasteiger partial charge on any atom is 0.292 e. The van der Waals surface area contributed by atoms with Gasteiger partial charge in [-0.05, 0) is 43.3 Å². The minimum absolute atomic E-state index is 0.0832. The van der Waals surface area contributed by atoms with E-state index in [0.29, 0.717) is 18.0 Å². The second kappa shape index (κ2) is 9.00. The molecular weight excluding hydrogens is 350 g/mol.